The molecule has 106 valence electrons. The van der Waals surface area contributed by atoms with Crippen LogP contribution in [0.2, 0.25) is 8.67 Å². The summed E-state index contributed by atoms with van der Waals surface area (Å²) in [5.41, 5.74) is 2.52. The van der Waals surface area contributed by atoms with E-state index in [1.807, 2.05) is 12.1 Å². The highest BCUT2D eigenvalue weighted by molar-refractivity contribution is 8.00. The van der Waals surface area contributed by atoms with Crippen molar-refractivity contribution in [3.05, 3.63) is 50.1 Å². The molecule has 0 unspecified atom stereocenters. The normalized spacial score (nSPS) is 11.8. The molecule has 1 heterocycles. The molecule has 0 aliphatic carbocycles. The molecule has 2 rings (SSSR count). The largest absolute Gasteiger partial charge is 0.411 e. The van der Waals surface area contributed by atoms with Crippen LogP contribution >= 0.6 is 46.3 Å². The molecular weight excluding hydrogens is 333 g/mol. The Hall–Kier alpha value is -0.680. The molecule has 0 atom stereocenters. The zero-order valence-corrected chi connectivity index (χ0v) is 13.9. The van der Waals surface area contributed by atoms with E-state index in [4.69, 9.17) is 23.2 Å². The molecule has 2 nitrogen and oxygen atoms in total. The molecule has 0 radical (unpaired) electrons. The van der Waals surface area contributed by atoms with Gasteiger partial charge in [0.1, 0.15) is 4.34 Å². The molecule has 0 amide bonds. The summed E-state index contributed by atoms with van der Waals surface area (Å²) in [7, 11) is 0. The molecule has 2 aromatic rings. The molecular formula is C14H13Cl2NOS2. The number of rotatable bonds is 5. The van der Waals surface area contributed by atoms with E-state index in [9.17, 15) is 5.21 Å². The summed E-state index contributed by atoms with van der Waals surface area (Å²) in [5.74, 6) is 0.542. The molecule has 0 saturated carbocycles. The number of halogens is 2. The van der Waals surface area contributed by atoms with Crippen LogP contribution in [-0.2, 0) is 6.42 Å². The maximum atomic E-state index is 9.20. The first-order valence-corrected chi connectivity index (χ1v) is 8.58. The molecule has 1 N–H and O–H groups in total. The van der Waals surface area contributed by atoms with Crippen LogP contribution in [0.3, 0.4) is 0 Å². The minimum Gasteiger partial charge on any atom is -0.411 e. The quantitative estimate of drug-likeness (QED) is 0.331. The van der Waals surface area contributed by atoms with Gasteiger partial charge in [0.2, 0.25) is 0 Å². The lowest BCUT2D eigenvalue weighted by molar-refractivity contribution is 0.319. The Morgan fingerprint density at radius 1 is 1.35 bits per heavy atom. The maximum Gasteiger partial charge on any atom is 0.104 e. The minimum absolute atomic E-state index is 0.536. The number of benzene rings is 1. The molecule has 0 aliphatic rings. The summed E-state index contributed by atoms with van der Waals surface area (Å²) in [6, 6.07) is 9.94. The predicted molar refractivity (Wildman–Crippen MR) is 89.2 cm³/mol. The number of hydrogen-bond acceptors (Lipinski definition) is 4. The van der Waals surface area contributed by atoms with Crippen LogP contribution in [0.15, 0.2) is 40.4 Å². The standard InChI is InChI=1S/C14H13Cl2NOS2/c1-2-9-5-3-4-6-12(9)19-8-11(17-18)10-7-13(15)20-14(10)16/h3-7,18H,2,8H2,1H3/b17-11+. The van der Waals surface area contributed by atoms with Gasteiger partial charge in [-0.2, -0.15) is 0 Å². The smallest absolute Gasteiger partial charge is 0.104 e. The SMILES string of the molecule is CCc1ccccc1SC/C(=N\O)c1cc(Cl)sc1Cl. The van der Waals surface area contributed by atoms with Gasteiger partial charge in [-0.15, -0.1) is 23.1 Å². The van der Waals surface area contributed by atoms with E-state index in [1.54, 1.807) is 17.8 Å². The Labute approximate surface area is 136 Å². The fourth-order valence-electron chi connectivity index (χ4n) is 1.78. The molecule has 1 aromatic carbocycles. The van der Waals surface area contributed by atoms with Gasteiger partial charge in [-0.25, -0.2) is 0 Å². The summed E-state index contributed by atoms with van der Waals surface area (Å²) in [6.07, 6.45) is 0.972. The first-order chi connectivity index (χ1) is 9.65. The molecule has 0 aliphatic heterocycles. The molecule has 6 heteroatoms. The summed E-state index contributed by atoms with van der Waals surface area (Å²) in [6.45, 7) is 2.12. The number of thiophene rings is 1. The highest BCUT2D eigenvalue weighted by Crippen LogP contribution is 2.33. The van der Waals surface area contributed by atoms with Gasteiger partial charge in [0.15, 0.2) is 0 Å². The second kappa shape index (κ2) is 7.36. The van der Waals surface area contributed by atoms with Crippen LogP contribution in [0.25, 0.3) is 0 Å². The predicted octanol–water partition coefficient (Wildman–Crippen LogP) is 5.59. The third kappa shape index (κ3) is 3.70. The average Bonchev–Trinajstić information content (AvgIpc) is 2.79. The van der Waals surface area contributed by atoms with Crippen molar-refractivity contribution >= 4 is 52.0 Å². The number of hydrogen-bond donors (Lipinski definition) is 1. The van der Waals surface area contributed by atoms with Crippen LogP contribution in [0.5, 0.6) is 0 Å². The van der Waals surface area contributed by atoms with Gasteiger partial charge in [0, 0.05) is 16.2 Å². The number of nitrogens with zero attached hydrogens (tertiary/aromatic N) is 1. The van der Waals surface area contributed by atoms with Crippen molar-refractivity contribution in [3.8, 4) is 0 Å². The monoisotopic (exact) mass is 345 g/mol. The van der Waals surface area contributed by atoms with Gasteiger partial charge >= 0.3 is 0 Å². The third-order valence-electron chi connectivity index (χ3n) is 2.81. The number of aryl methyl sites for hydroxylation is 1. The highest BCUT2D eigenvalue weighted by Gasteiger charge is 2.14. The van der Waals surface area contributed by atoms with E-state index in [1.165, 1.54) is 21.8 Å². The summed E-state index contributed by atoms with van der Waals surface area (Å²) in [5, 5.41) is 12.6. The van der Waals surface area contributed by atoms with Crippen LogP contribution in [0, 0.1) is 0 Å². The Morgan fingerprint density at radius 3 is 2.70 bits per heavy atom. The van der Waals surface area contributed by atoms with E-state index in [-0.39, 0.29) is 0 Å². The first-order valence-electron chi connectivity index (χ1n) is 6.02. The summed E-state index contributed by atoms with van der Waals surface area (Å²) >= 11 is 14.9. The average molecular weight is 346 g/mol. The van der Waals surface area contributed by atoms with Crippen molar-refractivity contribution in [3.63, 3.8) is 0 Å². The van der Waals surface area contributed by atoms with Gasteiger partial charge in [-0.1, -0.05) is 53.5 Å². The van der Waals surface area contributed by atoms with Gasteiger partial charge in [0.25, 0.3) is 0 Å². The minimum atomic E-state index is 0.536. The summed E-state index contributed by atoms with van der Waals surface area (Å²) in [4.78, 5) is 1.19. The Bertz CT molecular complexity index is 625. The molecule has 1 aromatic heterocycles. The molecule has 0 fully saturated rings. The number of oxime groups is 1. The van der Waals surface area contributed by atoms with Crippen molar-refractivity contribution in [1.29, 1.82) is 0 Å². The molecule has 0 bridgehead atoms. The fourth-order valence-corrected chi connectivity index (χ4v) is 4.37. The Balaban J connectivity index is 2.14. The van der Waals surface area contributed by atoms with Crippen molar-refractivity contribution < 1.29 is 5.21 Å². The van der Waals surface area contributed by atoms with Gasteiger partial charge in [0.05, 0.1) is 10.0 Å². The van der Waals surface area contributed by atoms with Gasteiger partial charge in [-0.3, -0.25) is 0 Å². The van der Waals surface area contributed by atoms with E-state index in [2.05, 4.69) is 24.2 Å². The topological polar surface area (TPSA) is 32.6 Å². The van der Waals surface area contributed by atoms with Gasteiger partial charge in [-0.05, 0) is 24.1 Å². The second-order valence-corrected chi connectivity index (χ2v) is 7.34. The molecule has 0 saturated heterocycles. The Morgan fingerprint density at radius 2 is 2.10 bits per heavy atom. The molecule has 0 spiro atoms. The van der Waals surface area contributed by atoms with E-state index in [0.717, 1.165) is 6.42 Å². The zero-order valence-electron chi connectivity index (χ0n) is 10.8. The van der Waals surface area contributed by atoms with Crippen molar-refractivity contribution in [1.82, 2.24) is 0 Å². The van der Waals surface area contributed by atoms with Crippen LogP contribution in [0.1, 0.15) is 18.1 Å². The first kappa shape index (κ1) is 15.7. The van der Waals surface area contributed by atoms with Crippen molar-refractivity contribution in [2.75, 3.05) is 5.75 Å². The second-order valence-electron chi connectivity index (χ2n) is 4.03. The maximum absolute atomic E-state index is 9.20. The molecule has 20 heavy (non-hydrogen) atoms. The fraction of sp³-hybridized carbons (Fsp3) is 0.214. The third-order valence-corrected chi connectivity index (χ3v) is 5.42. The Kier molecular flexibility index (Phi) is 5.78. The van der Waals surface area contributed by atoms with E-state index in [0.29, 0.717) is 25.7 Å². The van der Waals surface area contributed by atoms with Gasteiger partial charge < -0.3 is 5.21 Å². The van der Waals surface area contributed by atoms with E-state index < -0.39 is 0 Å². The van der Waals surface area contributed by atoms with Crippen LogP contribution < -0.4 is 0 Å². The van der Waals surface area contributed by atoms with Crippen LogP contribution in [0.4, 0.5) is 0 Å². The van der Waals surface area contributed by atoms with Crippen molar-refractivity contribution in [2.24, 2.45) is 5.16 Å². The lowest BCUT2D eigenvalue weighted by Crippen LogP contribution is -2.04. The number of thioether (sulfide) groups is 1. The lowest BCUT2D eigenvalue weighted by Gasteiger charge is -2.07. The summed E-state index contributed by atoms with van der Waals surface area (Å²) < 4.78 is 1.14. The van der Waals surface area contributed by atoms with Crippen molar-refractivity contribution in [2.45, 2.75) is 18.2 Å². The highest BCUT2D eigenvalue weighted by atomic mass is 35.5. The van der Waals surface area contributed by atoms with Crippen LogP contribution in [-0.4, -0.2) is 16.7 Å². The zero-order chi connectivity index (χ0) is 14.5. The van der Waals surface area contributed by atoms with E-state index >= 15 is 0 Å². The lowest BCUT2D eigenvalue weighted by atomic mass is 10.2.